The lowest BCUT2D eigenvalue weighted by molar-refractivity contribution is -0.141. The highest BCUT2D eigenvalue weighted by molar-refractivity contribution is 7.99. The van der Waals surface area contributed by atoms with Crippen LogP contribution in [-0.4, -0.2) is 28.8 Å². The third kappa shape index (κ3) is 5.79. The van der Waals surface area contributed by atoms with Crippen molar-refractivity contribution in [2.24, 2.45) is 0 Å². The molecule has 0 radical (unpaired) electrons. The summed E-state index contributed by atoms with van der Waals surface area (Å²) < 4.78 is 0. The molecule has 0 fully saturated rings. The van der Waals surface area contributed by atoms with Gasteiger partial charge in [0.2, 0.25) is 5.91 Å². The zero-order valence-corrected chi connectivity index (χ0v) is 12.0. The summed E-state index contributed by atoms with van der Waals surface area (Å²) in [5, 5.41) is 11.3. The molecular weight excluding hydrogens is 262 g/mol. The van der Waals surface area contributed by atoms with E-state index in [1.54, 1.807) is 6.92 Å². The number of amides is 1. The summed E-state index contributed by atoms with van der Waals surface area (Å²) >= 11 is 1.48. The molecule has 1 amide bonds. The van der Waals surface area contributed by atoms with E-state index >= 15 is 0 Å². The van der Waals surface area contributed by atoms with Crippen molar-refractivity contribution >= 4 is 23.6 Å². The molecule has 19 heavy (non-hydrogen) atoms. The largest absolute Gasteiger partial charge is 0.480 e. The maximum Gasteiger partial charge on any atom is 0.326 e. The van der Waals surface area contributed by atoms with Gasteiger partial charge in [0.25, 0.3) is 0 Å². The van der Waals surface area contributed by atoms with Gasteiger partial charge in [0, 0.05) is 5.75 Å². The Bertz CT molecular complexity index is 431. The number of rotatable bonds is 7. The molecule has 0 aliphatic heterocycles. The van der Waals surface area contributed by atoms with Crippen molar-refractivity contribution in [1.82, 2.24) is 5.32 Å². The SMILES string of the molecule is CC[C@@H](NC(=O)CSCc1ccc(C)cc1)C(=O)O. The monoisotopic (exact) mass is 281 g/mol. The molecule has 0 spiro atoms. The molecule has 1 aromatic carbocycles. The van der Waals surface area contributed by atoms with Gasteiger partial charge in [0.15, 0.2) is 0 Å². The Morgan fingerprint density at radius 3 is 2.47 bits per heavy atom. The minimum atomic E-state index is -0.987. The van der Waals surface area contributed by atoms with Crippen LogP contribution in [0.2, 0.25) is 0 Å². The van der Waals surface area contributed by atoms with Crippen LogP contribution in [0.4, 0.5) is 0 Å². The highest BCUT2D eigenvalue weighted by Gasteiger charge is 2.16. The van der Waals surface area contributed by atoms with Gasteiger partial charge in [-0.2, -0.15) is 0 Å². The number of hydrogen-bond acceptors (Lipinski definition) is 3. The molecule has 0 unspecified atom stereocenters. The number of benzene rings is 1. The maximum absolute atomic E-state index is 11.6. The predicted octanol–water partition coefficient (Wildman–Crippen LogP) is 2.21. The number of thioether (sulfide) groups is 1. The maximum atomic E-state index is 11.6. The number of nitrogens with one attached hydrogen (secondary N) is 1. The molecule has 0 saturated carbocycles. The van der Waals surface area contributed by atoms with Gasteiger partial charge in [-0.15, -0.1) is 11.8 Å². The number of carboxylic acids is 1. The Morgan fingerprint density at radius 2 is 1.95 bits per heavy atom. The van der Waals surface area contributed by atoms with Crippen molar-refractivity contribution < 1.29 is 14.7 Å². The highest BCUT2D eigenvalue weighted by atomic mass is 32.2. The first-order valence-corrected chi connectivity index (χ1v) is 7.34. The lowest BCUT2D eigenvalue weighted by Crippen LogP contribution is -2.41. The Balaban J connectivity index is 2.30. The van der Waals surface area contributed by atoms with Crippen molar-refractivity contribution in [2.45, 2.75) is 32.1 Å². The average molecular weight is 281 g/mol. The van der Waals surface area contributed by atoms with Crippen LogP contribution in [-0.2, 0) is 15.3 Å². The molecule has 0 saturated heterocycles. The molecule has 0 bridgehead atoms. The van der Waals surface area contributed by atoms with E-state index in [9.17, 15) is 9.59 Å². The number of aryl methyl sites for hydroxylation is 1. The molecule has 1 rings (SSSR count). The second kappa shape index (κ2) is 7.84. The second-order valence-corrected chi connectivity index (χ2v) is 5.33. The van der Waals surface area contributed by atoms with Crippen LogP contribution in [0.25, 0.3) is 0 Å². The standard InChI is InChI=1S/C14H19NO3S/c1-3-12(14(17)18)15-13(16)9-19-8-11-6-4-10(2)5-7-11/h4-7,12H,3,8-9H2,1-2H3,(H,15,16)(H,17,18)/t12-/m1/s1. The first-order chi connectivity index (χ1) is 9.02. The molecule has 0 heterocycles. The van der Waals surface area contributed by atoms with Crippen molar-refractivity contribution in [3.8, 4) is 0 Å². The van der Waals surface area contributed by atoms with Crippen LogP contribution >= 0.6 is 11.8 Å². The van der Waals surface area contributed by atoms with Crippen molar-refractivity contribution in [3.05, 3.63) is 35.4 Å². The van der Waals surface area contributed by atoms with E-state index < -0.39 is 12.0 Å². The summed E-state index contributed by atoms with van der Waals surface area (Å²) in [5.41, 5.74) is 2.37. The van der Waals surface area contributed by atoms with Crippen molar-refractivity contribution in [1.29, 1.82) is 0 Å². The van der Waals surface area contributed by atoms with Crippen LogP contribution in [0.3, 0.4) is 0 Å². The Labute approximate surface area is 117 Å². The van der Waals surface area contributed by atoms with Crippen LogP contribution in [0.5, 0.6) is 0 Å². The van der Waals surface area contributed by atoms with E-state index in [2.05, 4.69) is 5.32 Å². The fourth-order valence-electron chi connectivity index (χ4n) is 1.52. The quantitative estimate of drug-likeness (QED) is 0.804. The Morgan fingerprint density at radius 1 is 1.32 bits per heavy atom. The fraction of sp³-hybridized carbons (Fsp3) is 0.429. The van der Waals surface area contributed by atoms with Crippen LogP contribution < -0.4 is 5.32 Å². The lowest BCUT2D eigenvalue weighted by Gasteiger charge is -2.11. The lowest BCUT2D eigenvalue weighted by atomic mass is 10.2. The second-order valence-electron chi connectivity index (χ2n) is 4.34. The molecule has 0 aromatic heterocycles. The van der Waals surface area contributed by atoms with Gasteiger partial charge in [-0.3, -0.25) is 4.79 Å². The molecule has 4 nitrogen and oxygen atoms in total. The normalized spacial score (nSPS) is 11.9. The van der Waals surface area contributed by atoms with E-state index in [0.717, 1.165) is 11.3 Å². The molecule has 5 heteroatoms. The number of aliphatic carboxylic acids is 1. The zero-order valence-electron chi connectivity index (χ0n) is 11.2. The molecule has 1 atom stereocenters. The molecule has 0 aliphatic rings. The summed E-state index contributed by atoms with van der Waals surface area (Å²) in [4.78, 5) is 22.3. The van der Waals surface area contributed by atoms with Crippen molar-refractivity contribution in [2.75, 3.05) is 5.75 Å². The summed E-state index contributed by atoms with van der Waals surface area (Å²) in [6.07, 6.45) is 0.393. The summed E-state index contributed by atoms with van der Waals surface area (Å²) in [6.45, 7) is 3.76. The molecule has 2 N–H and O–H groups in total. The Kier molecular flexibility index (Phi) is 6.42. The first kappa shape index (κ1) is 15.6. The van der Waals surface area contributed by atoms with E-state index in [0.29, 0.717) is 6.42 Å². The van der Waals surface area contributed by atoms with Crippen LogP contribution in [0, 0.1) is 6.92 Å². The number of hydrogen-bond donors (Lipinski definition) is 2. The smallest absolute Gasteiger partial charge is 0.326 e. The van der Waals surface area contributed by atoms with E-state index in [4.69, 9.17) is 5.11 Å². The highest BCUT2D eigenvalue weighted by Crippen LogP contribution is 2.12. The van der Waals surface area contributed by atoms with Gasteiger partial charge in [-0.1, -0.05) is 36.8 Å². The third-order valence-electron chi connectivity index (χ3n) is 2.66. The third-order valence-corrected chi connectivity index (χ3v) is 3.67. The average Bonchev–Trinajstić information content (AvgIpc) is 2.38. The van der Waals surface area contributed by atoms with Gasteiger partial charge in [0.1, 0.15) is 6.04 Å². The van der Waals surface area contributed by atoms with E-state index in [-0.39, 0.29) is 11.7 Å². The van der Waals surface area contributed by atoms with Crippen LogP contribution in [0.1, 0.15) is 24.5 Å². The molecule has 1 aromatic rings. The number of carbonyl (C=O) groups excluding carboxylic acids is 1. The van der Waals surface area contributed by atoms with E-state index in [1.807, 2.05) is 31.2 Å². The van der Waals surface area contributed by atoms with Gasteiger partial charge < -0.3 is 10.4 Å². The minimum Gasteiger partial charge on any atom is -0.480 e. The number of carbonyl (C=O) groups is 2. The van der Waals surface area contributed by atoms with Gasteiger partial charge >= 0.3 is 5.97 Å². The van der Waals surface area contributed by atoms with Gasteiger partial charge in [-0.05, 0) is 18.9 Å². The summed E-state index contributed by atoms with van der Waals surface area (Å²) in [6, 6.07) is 7.35. The topological polar surface area (TPSA) is 66.4 Å². The van der Waals surface area contributed by atoms with Gasteiger partial charge in [-0.25, -0.2) is 4.79 Å². The molecular formula is C14H19NO3S. The van der Waals surface area contributed by atoms with Gasteiger partial charge in [0.05, 0.1) is 5.75 Å². The zero-order chi connectivity index (χ0) is 14.3. The van der Waals surface area contributed by atoms with Crippen LogP contribution in [0.15, 0.2) is 24.3 Å². The molecule has 104 valence electrons. The Hall–Kier alpha value is -1.49. The van der Waals surface area contributed by atoms with Crippen molar-refractivity contribution in [3.63, 3.8) is 0 Å². The fourth-order valence-corrected chi connectivity index (χ4v) is 2.32. The predicted molar refractivity (Wildman–Crippen MR) is 77.2 cm³/mol. The molecule has 0 aliphatic carbocycles. The van der Waals surface area contributed by atoms with E-state index in [1.165, 1.54) is 17.3 Å². The summed E-state index contributed by atoms with van der Waals surface area (Å²) in [7, 11) is 0. The number of carboxylic acid groups (broad SMARTS) is 1. The minimum absolute atomic E-state index is 0.230. The first-order valence-electron chi connectivity index (χ1n) is 6.18. The summed E-state index contributed by atoms with van der Waals surface area (Å²) in [5.74, 6) is -0.194.